The maximum Gasteiger partial charge on any atom is 0.238 e. The van der Waals surface area contributed by atoms with Crippen LogP contribution in [-0.2, 0) is 4.79 Å². The third kappa shape index (κ3) is 5.21. The SMILES string of the molecule is O=C(CN1CCC(C(=O)c2ccc(Cl)cc2)CC1)Nc1ccc(N2CCCC2)cc1. The number of hydrogen-bond acceptors (Lipinski definition) is 4. The van der Waals surface area contributed by atoms with E-state index in [1.807, 2.05) is 12.1 Å². The van der Waals surface area contributed by atoms with E-state index in [9.17, 15) is 9.59 Å². The highest BCUT2D eigenvalue weighted by Gasteiger charge is 2.26. The summed E-state index contributed by atoms with van der Waals surface area (Å²) in [5.41, 5.74) is 2.77. The quantitative estimate of drug-likeness (QED) is 0.693. The van der Waals surface area contributed by atoms with Gasteiger partial charge in [0.15, 0.2) is 5.78 Å². The maximum atomic E-state index is 12.7. The van der Waals surface area contributed by atoms with Crippen LogP contribution in [0.1, 0.15) is 36.0 Å². The molecule has 0 unspecified atom stereocenters. The molecule has 0 aliphatic carbocycles. The summed E-state index contributed by atoms with van der Waals surface area (Å²) in [7, 11) is 0. The van der Waals surface area contributed by atoms with Gasteiger partial charge in [0.05, 0.1) is 6.54 Å². The third-order valence-electron chi connectivity index (χ3n) is 6.08. The predicted octanol–water partition coefficient (Wildman–Crippen LogP) is 4.47. The van der Waals surface area contributed by atoms with Crippen molar-refractivity contribution in [3.63, 3.8) is 0 Å². The number of halogens is 1. The number of nitrogens with zero attached hydrogens (tertiary/aromatic N) is 2. The van der Waals surface area contributed by atoms with Gasteiger partial charge in [-0.2, -0.15) is 0 Å². The minimum atomic E-state index is -0.00796. The minimum absolute atomic E-state index is 0.00796. The maximum absolute atomic E-state index is 12.7. The van der Waals surface area contributed by atoms with Gasteiger partial charge in [0, 0.05) is 41.0 Å². The van der Waals surface area contributed by atoms with Gasteiger partial charge in [0.1, 0.15) is 0 Å². The lowest BCUT2D eigenvalue weighted by molar-refractivity contribution is -0.117. The lowest BCUT2D eigenvalue weighted by atomic mass is 9.89. The van der Waals surface area contributed by atoms with Crippen molar-refractivity contribution in [2.75, 3.05) is 42.9 Å². The first kappa shape index (κ1) is 20.9. The van der Waals surface area contributed by atoms with E-state index in [1.54, 1.807) is 24.3 Å². The minimum Gasteiger partial charge on any atom is -0.372 e. The number of ketones is 1. The lowest BCUT2D eigenvalue weighted by Gasteiger charge is -2.30. The summed E-state index contributed by atoms with van der Waals surface area (Å²) >= 11 is 5.91. The van der Waals surface area contributed by atoms with Gasteiger partial charge in [-0.25, -0.2) is 0 Å². The molecule has 2 saturated heterocycles. The van der Waals surface area contributed by atoms with E-state index in [2.05, 4.69) is 27.2 Å². The van der Waals surface area contributed by atoms with Crippen LogP contribution in [0.4, 0.5) is 11.4 Å². The van der Waals surface area contributed by atoms with Gasteiger partial charge in [-0.1, -0.05) is 11.6 Å². The Morgan fingerprint density at radius 1 is 0.900 bits per heavy atom. The number of hydrogen-bond donors (Lipinski definition) is 1. The Morgan fingerprint density at radius 3 is 2.17 bits per heavy atom. The number of benzene rings is 2. The molecule has 6 heteroatoms. The molecule has 5 nitrogen and oxygen atoms in total. The van der Waals surface area contributed by atoms with Gasteiger partial charge in [-0.3, -0.25) is 14.5 Å². The van der Waals surface area contributed by atoms with Crippen molar-refractivity contribution in [2.45, 2.75) is 25.7 Å². The predicted molar refractivity (Wildman–Crippen MR) is 121 cm³/mol. The number of likely N-dealkylation sites (tertiary alicyclic amines) is 1. The number of nitrogens with one attached hydrogen (secondary N) is 1. The van der Waals surface area contributed by atoms with Gasteiger partial charge in [0.2, 0.25) is 5.91 Å². The molecular weight excluding hydrogens is 398 g/mol. The van der Waals surface area contributed by atoms with Crippen LogP contribution in [0.5, 0.6) is 0 Å². The van der Waals surface area contributed by atoms with Crippen LogP contribution >= 0.6 is 11.6 Å². The van der Waals surface area contributed by atoms with Crippen molar-refractivity contribution in [3.05, 3.63) is 59.1 Å². The second-order valence-corrected chi connectivity index (χ2v) is 8.65. The van der Waals surface area contributed by atoms with Crippen LogP contribution in [0.3, 0.4) is 0 Å². The summed E-state index contributed by atoms with van der Waals surface area (Å²) in [6, 6.07) is 15.2. The molecule has 0 atom stereocenters. The Labute approximate surface area is 183 Å². The molecule has 2 aromatic carbocycles. The van der Waals surface area contributed by atoms with Crippen molar-refractivity contribution < 1.29 is 9.59 Å². The van der Waals surface area contributed by atoms with Crippen molar-refractivity contribution >= 4 is 34.7 Å². The van der Waals surface area contributed by atoms with Crippen LogP contribution in [0, 0.1) is 5.92 Å². The van der Waals surface area contributed by atoms with Gasteiger partial charge in [-0.15, -0.1) is 0 Å². The monoisotopic (exact) mass is 425 g/mol. The highest BCUT2D eigenvalue weighted by molar-refractivity contribution is 6.30. The number of rotatable bonds is 6. The summed E-state index contributed by atoms with van der Waals surface area (Å²) in [6.07, 6.45) is 4.06. The molecule has 0 aromatic heterocycles. The molecule has 2 aliphatic heterocycles. The van der Waals surface area contributed by atoms with Gasteiger partial charge in [0.25, 0.3) is 0 Å². The van der Waals surface area contributed by atoms with Crippen LogP contribution in [-0.4, -0.2) is 49.3 Å². The zero-order chi connectivity index (χ0) is 20.9. The zero-order valence-corrected chi connectivity index (χ0v) is 17.9. The first-order valence-electron chi connectivity index (χ1n) is 10.8. The molecule has 0 bridgehead atoms. The van der Waals surface area contributed by atoms with E-state index in [1.165, 1.54) is 18.5 Å². The largest absolute Gasteiger partial charge is 0.372 e. The average Bonchev–Trinajstić information content (AvgIpc) is 3.30. The Bertz CT molecular complexity index is 868. The first-order chi connectivity index (χ1) is 14.6. The van der Waals surface area contributed by atoms with Crippen molar-refractivity contribution in [1.29, 1.82) is 0 Å². The number of carbonyl (C=O) groups is 2. The third-order valence-corrected chi connectivity index (χ3v) is 6.33. The Kier molecular flexibility index (Phi) is 6.70. The van der Waals surface area contributed by atoms with Crippen molar-refractivity contribution in [3.8, 4) is 0 Å². The van der Waals surface area contributed by atoms with E-state index in [4.69, 9.17) is 11.6 Å². The van der Waals surface area contributed by atoms with Gasteiger partial charge >= 0.3 is 0 Å². The fourth-order valence-electron chi connectivity index (χ4n) is 4.34. The average molecular weight is 426 g/mol. The van der Waals surface area contributed by atoms with Crippen molar-refractivity contribution in [1.82, 2.24) is 4.90 Å². The molecule has 0 spiro atoms. The molecule has 30 heavy (non-hydrogen) atoms. The van der Waals surface area contributed by atoms with Gasteiger partial charge < -0.3 is 10.2 Å². The molecule has 0 saturated carbocycles. The molecule has 158 valence electrons. The smallest absolute Gasteiger partial charge is 0.238 e. The molecule has 0 radical (unpaired) electrons. The topological polar surface area (TPSA) is 52.7 Å². The van der Waals surface area contributed by atoms with Crippen LogP contribution in [0.15, 0.2) is 48.5 Å². The molecule has 1 N–H and O–H groups in total. The summed E-state index contributed by atoms with van der Waals surface area (Å²) < 4.78 is 0. The molecule has 4 rings (SSSR count). The van der Waals surface area contributed by atoms with E-state index < -0.39 is 0 Å². The molecule has 2 aromatic rings. The number of amides is 1. The lowest BCUT2D eigenvalue weighted by Crippen LogP contribution is -2.40. The van der Waals surface area contributed by atoms with E-state index >= 15 is 0 Å². The van der Waals surface area contributed by atoms with Crippen LogP contribution in [0.2, 0.25) is 5.02 Å². The number of carbonyl (C=O) groups excluding carboxylic acids is 2. The standard InChI is InChI=1S/C24H28ClN3O2/c25-20-5-3-18(4-6-20)24(30)19-11-15-27(16-12-19)17-23(29)26-21-7-9-22(10-8-21)28-13-1-2-14-28/h3-10,19H,1-2,11-17H2,(H,26,29). The number of Topliss-reactive ketones (excluding diaryl/α,β-unsaturated/α-hetero) is 1. The zero-order valence-electron chi connectivity index (χ0n) is 17.1. The fourth-order valence-corrected chi connectivity index (χ4v) is 4.46. The molecule has 2 fully saturated rings. The summed E-state index contributed by atoms with van der Waals surface area (Å²) in [5.74, 6) is 0.184. The highest BCUT2D eigenvalue weighted by atomic mass is 35.5. The Hall–Kier alpha value is -2.37. The van der Waals surface area contributed by atoms with Crippen LogP contribution in [0.25, 0.3) is 0 Å². The second-order valence-electron chi connectivity index (χ2n) is 8.21. The molecule has 2 aliphatic rings. The molecule has 1 amide bonds. The van der Waals surface area contributed by atoms with E-state index in [0.29, 0.717) is 17.1 Å². The normalized spacial score (nSPS) is 17.8. The summed E-state index contributed by atoms with van der Waals surface area (Å²) in [4.78, 5) is 29.6. The molecule has 2 heterocycles. The van der Waals surface area contributed by atoms with E-state index in [-0.39, 0.29) is 17.6 Å². The Balaban J connectivity index is 1.23. The number of piperidine rings is 1. The molecular formula is C24H28ClN3O2. The van der Waals surface area contributed by atoms with Crippen LogP contribution < -0.4 is 10.2 Å². The summed E-state index contributed by atoms with van der Waals surface area (Å²) in [5, 5.41) is 3.63. The highest BCUT2D eigenvalue weighted by Crippen LogP contribution is 2.24. The van der Waals surface area contributed by atoms with E-state index in [0.717, 1.165) is 44.7 Å². The second kappa shape index (κ2) is 9.63. The van der Waals surface area contributed by atoms with Crippen molar-refractivity contribution in [2.24, 2.45) is 5.92 Å². The number of anilines is 2. The summed E-state index contributed by atoms with van der Waals surface area (Å²) in [6.45, 7) is 4.09. The van der Waals surface area contributed by atoms with Gasteiger partial charge in [-0.05, 0) is 87.3 Å². The fraction of sp³-hybridized carbons (Fsp3) is 0.417. The first-order valence-corrected chi connectivity index (χ1v) is 11.1. The Morgan fingerprint density at radius 2 is 1.53 bits per heavy atom.